The molecule has 4 N–H and O–H groups in total. The van der Waals surface area contributed by atoms with Gasteiger partial charge in [0.15, 0.2) is 0 Å². The zero-order chi connectivity index (χ0) is 40.2. The molecule has 0 radical (unpaired) electrons. The molecule has 0 saturated carbocycles. The van der Waals surface area contributed by atoms with Crippen molar-refractivity contribution in [2.75, 3.05) is 34.0 Å². The van der Waals surface area contributed by atoms with Gasteiger partial charge in [0.25, 0.3) is 0 Å². The number of nitrogens with one attached hydrogen (secondary N) is 4. The van der Waals surface area contributed by atoms with Crippen LogP contribution in [0.1, 0.15) is 90.0 Å². The van der Waals surface area contributed by atoms with Gasteiger partial charge in [-0.25, -0.2) is 14.8 Å². The fourth-order valence-corrected chi connectivity index (χ4v) is 8.26. The van der Waals surface area contributed by atoms with Gasteiger partial charge in [0.1, 0.15) is 17.7 Å². The molecule has 0 spiro atoms. The molecule has 3 aromatic heterocycles. The van der Waals surface area contributed by atoms with Gasteiger partial charge in [-0.05, 0) is 67.2 Å². The summed E-state index contributed by atoms with van der Waals surface area (Å²) in [5.74, 6) is 1.62. The Morgan fingerprint density at radius 2 is 1.49 bits per heavy atom. The summed E-state index contributed by atoms with van der Waals surface area (Å²) in [6.45, 7) is 9.79. The van der Waals surface area contributed by atoms with E-state index in [2.05, 4.69) is 64.8 Å². The van der Waals surface area contributed by atoms with Gasteiger partial charge in [0, 0.05) is 42.9 Å². The van der Waals surface area contributed by atoms with E-state index in [9.17, 15) is 14.4 Å². The maximum atomic E-state index is 13.8. The van der Waals surface area contributed by atoms with Gasteiger partial charge in [-0.1, -0.05) is 58.7 Å². The first-order chi connectivity index (χ1) is 27.6. The Hall–Kier alpha value is -5.34. The van der Waals surface area contributed by atoms with E-state index in [1.54, 1.807) is 7.11 Å². The number of hydrogen-bond acceptors (Lipinski definition) is 9. The smallest absolute Gasteiger partial charge is 0.407 e. The number of ether oxygens (including phenoxy) is 2. The van der Waals surface area contributed by atoms with Crippen LogP contribution in [0.25, 0.3) is 44.3 Å². The molecular formula is C43H55N9O5. The average Bonchev–Trinajstić information content (AvgIpc) is 4.08. The Balaban J connectivity index is 1.07. The van der Waals surface area contributed by atoms with Gasteiger partial charge in [-0.2, -0.15) is 0 Å². The quantitative estimate of drug-likeness (QED) is 0.0879. The molecule has 2 aliphatic rings. The number of alkyl carbamates (subject to hydrolysis) is 1. The third-order valence-corrected chi connectivity index (χ3v) is 12.0. The Kier molecular flexibility index (Phi) is 12.2. The molecule has 14 nitrogen and oxygen atoms in total. The summed E-state index contributed by atoms with van der Waals surface area (Å²) in [5, 5.41) is 8.09. The lowest BCUT2D eigenvalue weighted by Gasteiger charge is -2.31. The first-order valence-corrected chi connectivity index (χ1v) is 20.3. The predicted octanol–water partition coefficient (Wildman–Crippen LogP) is 6.87. The molecule has 2 aliphatic heterocycles. The molecule has 2 aromatic carbocycles. The maximum absolute atomic E-state index is 13.8. The average molecular weight is 778 g/mol. The van der Waals surface area contributed by atoms with E-state index in [0.29, 0.717) is 19.8 Å². The van der Waals surface area contributed by atoms with Crippen molar-refractivity contribution in [1.29, 1.82) is 0 Å². The Labute approximate surface area is 333 Å². The van der Waals surface area contributed by atoms with E-state index in [0.717, 1.165) is 94.5 Å². The summed E-state index contributed by atoms with van der Waals surface area (Å²) in [6, 6.07) is 13.2. The van der Waals surface area contributed by atoms with Crippen molar-refractivity contribution in [2.24, 2.45) is 11.8 Å². The number of hydrogen-bond donors (Lipinski definition) is 4. The fraction of sp³-hybridized carbons (Fsp3) is 0.488. The largest absolute Gasteiger partial charge is 0.453 e. The number of rotatable bonds is 14. The van der Waals surface area contributed by atoms with Crippen molar-refractivity contribution in [2.45, 2.75) is 90.4 Å². The lowest BCUT2D eigenvalue weighted by Crippen LogP contribution is -2.51. The number of H-pyrrole nitrogens is 2. The van der Waals surface area contributed by atoms with E-state index >= 15 is 0 Å². The van der Waals surface area contributed by atoms with Crippen molar-refractivity contribution < 1.29 is 23.9 Å². The molecule has 6 unspecified atom stereocenters. The van der Waals surface area contributed by atoms with Gasteiger partial charge >= 0.3 is 6.09 Å². The van der Waals surface area contributed by atoms with Crippen molar-refractivity contribution in [3.05, 3.63) is 66.5 Å². The number of imidazole rings is 2. The number of carbonyl (C=O) groups excluding carboxylic acids is 3. The van der Waals surface area contributed by atoms with Crippen LogP contribution in [0.2, 0.25) is 0 Å². The second-order valence-electron chi connectivity index (χ2n) is 15.5. The number of aromatic nitrogens is 5. The van der Waals surface area contributed by atoms with Gasteiger partial charge in [-0.15, -0.1) is 0 Å². The highest BCUT2D eigenvalue weighted by Crippen LogP contribution is 2.36. The van der Waals surface area contributed by atoms with Crippen molar-refractivity contribution >= 4 is 39.7 Å². The molecule has 7 rings (SSSR count). The second kappa shape index (κ2) is 17.4. The number of pyridine rings is 1. The highest BCUT2D eigenvalue weighted by atomic mass is 16.5. The summed E-state index contributed by atoms with van der Waals surface area (Å²) in [7, 11) is 2.93. The van der Waals surface area contributed by atoms with Crippen LogP contribution in [0.3, 0.4) is 0 Å². The minimum atomic E-state index is -0.675. The molecule has 0 aliphatic carbocycles. The zero-order valence-corrected chi connectivity index (χ0v) is 33.8. The summed E-state index contributed by atoms with van der Waals surface area (Å²) in [6.07, 6.45) is 8.14. The van der Waals surface area contributed by atoms with Crippen LogP contribution in [0.4, 0.5) is 4.79 Å². The fourth-order valence-electron chi connectivity index (χ4n) is 8.26. The molecule has 5 heterocycles. The molecule has 14 heteroatoms. The summed E-state index contributed by atoms with van der Waals surface area (Å²) < 4.78 is 10.1. The molecule has 6 atom stereocenters. The van der Waals surface area contributed by atoms with Gasteiger partial charge in [-0.3, -0.25) is 19.9 Å². The number of carbonyl (C=O) groups is 3. The third kappa shape index (κ3) is 8.24. The minimum Gasteiger partial charge on any atom is -0.453 e. The molecule has 0 bridgehead atoms. The number of fused-ring (bicyclic) bond motifs is 2. The summed E-state index contributed by atoms with van der Waals surface area (Å²) in [5.41, 5.74) is 5.39. The highest BCUT2D eigenvalue weighted by Gasteiger charge is 2.39. The van der Waals surface area contributed by atoms with Crippen molar-refractivity contribution in [3.63, 3.8) is 0 Å². The van der Waals surface area contributed by atoms with Crippen LogP contribution in [-0.2, 0) is 19.1 Å². The molecule has 5 aromatic rings. The number of amides is 3. The van der Waals surface area contributed by atoms with Gasteiger partial charge in [0.05, 0.1) is 60.6 Å². The molecule has 3 amide bonds. The van der Waals surface area contributed by atoms with Crippen LogP contribution in [0.5, 0.6) is 0 Å². The van der Waals surface area contributed by atoms with Crippen LogP contribution in [-0.4, -0.2) is 98.8 Å². The van der Waals surface area contributed by atoms with E-state index in [4.69, 9.17) is 24.4 Å². The van der Waals surface area contributed by atoms with E-state index in [1.807, 2.05) is 48.2 Å². The number of aromatic amines is 2. The monoisotopic (exact) mass is 777 g/mol. The number of likely N-dealkylation sites (tertiary alicyclic amines) is 2. The predicted molar refractivity (Wildman–Crippen MR) is 219 cm³/mol. The molecule has 2 fully saturated rings. The number of benzene rings is 2. The first-order valence-electron chi connectivity index (χ1n) is 20.3. The summed E-state index contributed by atoms with van der Waals surface area (Å²) >= 11 is 0. The number of methoxy groups -OCH3 is 2. The summed E-state index contributed by atoms with van der Waals surface area (Å²) in [4.78, 5) is 65.0. The molecule has 2 saturated heterocycles. The molecular weight excluding hydrogens is 723 g/mol. The number of nitrogens with zero attached hydrogens (tertiary/aromatic N) is 5. The van der Waals surface area contributed by atoms with Crippen LogP contribution < -0.4 is 10.6 Å². The van der Waals surface area contributed by atoms with Gasteiger partial charge in [0.2, 0.25) is 11.8 Å². The normalized spacial score (nSPS) is 19.2. The Morgan fingerprint density at radius 1 is 0.807 bits per heavy atom. The lowest BCUT2D eigenvalue weighted by molar-refractivity contribution is -0.136. The maximum Gasteiger partial charge on any atom is 0.407 e. The van der Waals surface area contributed by atoms with Crippen LogP contribution >= 0.6 is 0 Å². The minimum absolute atomic E-state index is 0.0541. The third-order valence-electron chi connectivity index (χ3n) is 12.0. The van der Waals surface area contributed by atoms with Crippen molar-refractivity contribution in [1.82, 2.24) is 45.4 Å². The standard InChI is InChI=1S/C43H55N9O5/c1-7-25(3)37(46-24-56-5)41(53)52-18-10-12-36(52)40-47-31-16-15-29(21-33(31)48-40)32-20-27-13-14-28(19-30(27)22-44-32)34-23-45-39(49-34)35-11-9-17-51(35)42(54)38(26(4)8-2)50-43(55)57-6/h13-16,19-23,25-26,35-38,46H,7-12,17-18,24H2,1-6H3,(H,45,49)(H,47,48)(H,50,55). The Morgan fingerprint density at radius 3 is 2.19 bits per heavy atom. The van der Waals surface area contributed by atoms with Crippen LogP contribution in [0, 0.1) is 11.8 Å². The van der Waals surface area contributed by atoms with E-state index < -0.39 is 12.1 Å². The van der Waals surface area contributed by atoms with Crippen LogP contribution in [0.15, 0.2) is 54.9 Å². The topological polar surface area (TPSA) is 170 Å². The second-order valence-corrected chi connectivity index (χ2v) is 15.5. The van der Waals surface area contributed by atoms with E-state index in [-0.39, 0.29) is 41.8 Å². The molecule has 302 valence electrons. The zero-order valence-electron chi connectivity index (χ0n) is 33.8. The first kappa shape index (κ1) is 39.9. The van der Waals surface area contributed by atoms with Crippen molar-refractivity contribution in [3.8, 4) is 22.5 Å². The highest BCUT2D eigenvalue weighted by molar-refractivity contribution is 5.90. The SMILES string of the molecule is CCC(C)C(NC(=O)OC)C(=O)N1CCCC1c1ncc(-c2ccc3cc(-c4ccc5nc(C6CCCN6C(=O)C(NCOC)C(C)CC)[nH]c5c4)ncc3c2)[nH]1. The van der Waals surface area contributed by atoms with Gasteiger partial charge < -0.3 is 34.6 Å². The molecule has 57 heavy (non-hydrogen) atoms. The Bertz CT molecular complexity index is 2220. The van der Waals surface area contributed by atoms with E-state index in [1.165, 1.54) is 7.11 Å². The lowest BCUT2D eigenvalue weighted by atomic mass is 9.97.